The van der Waals surface area contributed by atoms with Crippen LogP contribution >= 0.6 is 0 Å². The molecule has 100 valence electrons. The second-order valence-electron chi connectivity index (χ2n) is 5.44. The maximum atomic E-state index is 11.1. The number of ketones is 1. The Labute approximate surface area is 111 Å². The monoisotopic (exact) mass is 247 g/mol. The van der Waals surface area contributed by atoms with Crippen molar-refractivity contribution in [2.45, 2.75) is 52.5 Å². The minimum atomic E-state index is -0.279. The van der Waals surface area contributed by atoms with Crippen molar-refractivity contribution >= 4 is 5.78 Å². The Morgan fingerprint density at radius 2 is 2.11 bits per heavy atom. The van der Waals surface area contributed by atoms with E-state index in [0.717, 1.165) is 25.7 Å². The summed E-state index contributed by atoms with van der Waals surface area (Å²) in [4.78, 5) is 11.1. The summed E-state index contributed by atoms with van der Waals surface area (Å²) in [5, 5.41) is 0. The molecule has 1 aromatic rings. The molecule has 0 aliphatic heterocycles. The Morgan fingerprint density at radius 3 is 2.72 bits per heavy atom. The smallest absolute Gasteiger partial charge is 0.146 e. The highest BCUT2D eigenvalue weighted by atomic mass is 16.1. The lowest BCUT2D eigenvalue weighted by Gasteiger charge is -2.15. The van der Waals surface area contributed by atoms with Gasteiger partial charge in [-0.15, -0.1) is 0 Å². The van der Waals surface area contributed by atoms with E-state index >= 15 is 0 Å². The van der Waals surface area contributed by atoms with Gasteiger partial charge in [-0.2, -0.15) is 0 Å². The second-order valence-corrected chi connectivity index (χ2v) is 5.44. The van der Waals surface area contributed by atoms with Crippen LogP contribution in [0.15, 0.2) is 24.3 Å². The highest BCUT2D eigenvalue weighted by Gasteiger charge is 2.12. The molecule has 2 nitrogen and oxygen atoms in total. The zero-order valence-corrected chi connectivity index (χ0v) is 11.8. The van der Waals surface area contributed by atoms with Crippen molar-refractivity contribution in [3.63, 3.8) is 0 Å². The number of carbonyl (C=O) groups is 1. The summed E-state index contributed by atoms with van der Waals surface area (Å²) in [6, 6.07) is 8.38. The average molecular weight is 247 g/mol. The van der Waals surface area contributed by atoms with Crippen LogP contribution in [-0.4, -0.2) is 11.8 Å². The Hall–Kier alpha value is -1.15. The number of aryl methyl sites for hydroxylation is 2. The molecule has 0 fully saturated rings. The number of Topliss-reactive ketones (excluding diaryl/α,β-unsaturated/α-hetero) is 1. The zero-order chi connectivity index (χ0) is 13.5. The van der Waals surface area contributed by atoms with E-state index in [-0.39, 0.29) is 11.8 Å². The van der Waals surface area contributed by atoms with E-state index in [4.69, 9.17) is 5.73 Å². The molecule has 1 aromatic carbocycles. The van der Waals surface area contributed by atoms with E-state index in [1.54, 1.807) is 6.92 Å². The van der Waals surface area contributed by atoms with Crippen LogP contribution in [0, 0.1) is 12.8 Å². The van der Waals surface area contributed by atoms with Gasteiger partial charge in [-0.1, -0.05) is 43.2 Å². The summed E-state index contributed by atoms with van der Waals surface area (Å²) in [7, 11) is 0. The molecular weight excluding hydrogens is 222 g/mol. The lowest BCUT2D eigenvalue weighted by atomic mass is 9.94. The summed E-state index contributed by atoms with van der Waals surface area (Å²) in [5.41, 5.74) is 8.49. The lowest BCUT2D eigenvalue weighted by Crippen LogP contribution is -2.30. The first-order valence-corrected chi connectivity index (χ1v) is 6.80. The van der Waals surface area contributed by atoms with Crippen LogP contribution in [-0.2, 0) is 11.2 Å². The summed E-state index contributed by atoms with van der Waals surface area (Å²) in [6.45, 7) is 5.88. The van der Waals surface area contributed by atoms with Crippen molar-refractivity contribution in [3.05, 3.63) is 35.4 Å². The van der Waals surface area contributed by atoms with Gasteiger partial charge in [-0.3, -0.25) is 4.79 Å². The van der Waals surface area contributed by atoms with Crippen molar-refractivity contribution in [3.8, 4) is 0 Å². The van der Waals surface area contributed by atoms with Crippen LogP contribution in [0.1, 0.15) is 44.2 Å². The molecule has 0 amide bonds. The SMILES string of the molecule is CC(=O)[C@@H](N)C[C@@H](C)CCCc1cccc(C)c1. The zero-order valence-electron chi connectivity index (χ0n) is 11.8. The number of hydrogen-bond acceptors (Lipinski definition) is 2. The summed E-state index contributed by atoms with van der Waals surface area (Å²) in [5.74, 6) is 0.620. The third kappa shape index (κ3) is 5.46. The maximum absolute atomic E-state index is 11.1. The van der Waals surface area contributed by atoms with Crippen molar-refractivity contribution in [1.82, 2.24) is 0 Å². The molecular formula is C16H25NO. The Balaban J connectivity index is 2.27. The molecule has 0 bridgehead atoms. The van der Waals surface area contributed by atoms with Gasteiger partial charge in [0, 0.05) is 0 Å². The Morgan fingerprint density at radius 1 is 1.39 bits per heavy atom. The largest absolute Gasteiger partial charge is 0.322 e. The third-order valence-electron chi connectivity index (χ3n) is 3.42. The van der Waals surface area contributed by atoms with Crippen molar-refractivity contribution < 1.29 is 4.79 Å². The fourth-order valence-electron chi connectivity index (χ4n) is 2.24. The van der Waals surface area contributed by atoms with Gasteiger partial charge in [0.1, 0.15) is 5.78 Å². The number of benzene rings is 1. The quantitative estimate of drug-likeness (QED) is 0.803. The summed E-state index contributed by atoms with van der Waals surface area (Å²) >= 11 is 0. The van der Waals surface area contributed by atoms with Crippen molar-refractivity contribution in [2.24, 2.45) is 11.7 Å². The van der Waals surface area contributed by atoms with Crippen LogP contribution in [0.4, 0.5) is 0 Å². The van der Waals surface area contributed by atoms with Gasteiger partial charge >= 0.3 is 0 Å². The first kappa shape index (κ1) is 14.9. The van der Waals surface area contributed by atoms with E-state index in [1.807, 2.05) is 0 Å². The van der Waals surface area contributed by atoms with Crippen LogP contribution in [0.2, 0.25) is 0 Å². The third-order valence-corrected chi connectivity index (χ3v) is 3.42. The molecule has 0 aliphatic carbocycles. The number of nitrogens with two attached hydrogens (primary N) is 1. The van der Waals surface area contributed by atoms with Gasteiger partial charge in [0.05, 0.1) is 6.04 Å². The van der Waals surface area contributed by atoms with E-state index in [9.17, 15) is 4.79 Å². The van der Waals surface area contributed by atoms with Crippen LogP contribution in [0.5, 0.6) is 0 Å². The molecule has 0 unspecified atom stereocenters. The maximum Gasteiger partial charge on any atom is 0.146 e. The number of hydrogen-bond donors (Lipinski definition) is 1. The minimum absolute atomic E-state index is 0.0977. The van der Waals surface area contributed by atoms with Gasteiger partial charge in [-0.05, 0) is 44.6 Å². The molecule has 0 heterocycles. The molecule has 0 aliphatic rings. The van der Waals surface area contributed by atoms with Crippen LogP contribution in [0.3, 0.4) is 0 Å². The molecule has 0 aromatic heterocycles. The fraction of sp³-hybridized carbons (Fsp3) is 0.562. The van der Waals surface area contributed by atoms with E-state index in [2.05, 4.69) is 38.1 Å². The normalized spacial score (nSPS) is 14.2. The highest BCUT2D eigenvalue weighted by molar-refractivity contribution is 5.81. The second kappa shape index (κ2) is 7.32. The molecule has 0 spiro atoms. The molecule has 0 radical (unpaired) electrons. The lowest BCUT2D eigenvalue weighted by molar-refractivity contribution is -0.118. The molecule has 2 N–H and O–H groups in total. The Bertz CT molecular complexity index is 386. The van der Waals surface area contributed by atoms with Crippen molar-refractivity contribution in [2.75, 3.05) is 0 Å². The summed E-state index contributed by atoms with van der Waals surface area (Å²) in [6.07, 6.45) is 4.22. The van der Waals surface area contributed by atoms with Crippen LogP contribution < -0.4 is 5.73 Å². The molecule has 2 atom stereocenters. The molecule has 18 heavy (non-hydrogen) atoms. The van der Waals surface area contributed by atoms with E-state index in [1.165, 1.54) is 11.1 Å². The molecule has 1 rings (SSSR count). The standard InChI is InChI=1S/C16H25NO/c1-12-6-4-8-15(10-12)9-5-7-13(2)11-16(17)14(3)18/h4,6,8,10,13,16H,5,7,9,11,17H2,1-3H3/t13-,16-/m0/s1. The topological polar surface area (TPSA) is 43.1 Å². The van der Waals surface area contributed by atoms with Gasteiger partial charge in [0.15, 0.2) is 0 Å². The van der Waals surface area contributed by atoms with E-state index in [0.29, 0.717) is 5.92 Å². The molecule has 2 heteroatoms. The van der Waals surface area contributed by atoms with Crippen LogP contribution in [0.25, 0.3) is 0 Å². The Kier molecular flexibility index (Phi) is 6.06. The first-order chi connectivity index (χ1) is 8.49. The van der Waals surface area contributed by atoms with E-state index < -0.39 is 0 Å². The number of rotatable bonds is 7. The minimum Gasteiger partial charge on any atom is -0.322 e. The van der Waals surface area contributed by atoms with Crippen molar-refractivity contribution in [1.29, 1.82) is 0 Å². The fourth-order valence-corrected chi connectivity index (χ4v) is 2.24. The number of carbonyl (C=O) groups excluding carboxylic acids is 1. The predicted octanol–water partition coefficient (Wildman–Crippen LogP) is 3.26. The first-order valence-electron chi connectivity index (χ1n) is 6.80. The van der Waals surface area contributed by atoms with Gasteiger partial charge in [0.2, 0.25) is 0 Å². The molecule has 0 saturated heterocycles. The summed E-state index contributed by atoms with van der Waals surface area (Å²) < 4.78 is 0. The van der Waals surface area contributed by atoms with Gasteiger partial charge < -0.3 is 5.73 Å². The highest BCUT2D eigenvalue weighted by Crippen LogP contribution is 2.15. The molecule has 0 saturated carbocycles. The van der Waals surface area contributed by atoms with Gasteiger partial charge in [-0.25, -0.2) is 0 Å². The van der Waals surface area contributed by atoms with Gasteiger partial charge in [0.25, 0.3) is 0 Å². The predicted molar refractivity (Wildman–Crippen MR) is 76.6 cm³/mol. The average Bonchev–Trinajstić information content (AvgIpc) is 2.28.